The molecule has 0 unspecified atom stereocenters. The number of thiocarbonyl (C=S) groups is 1. The first-order valence-corrected chi connectivity index (χ1v) is 11.0. The molecule has 4 aromatic rings. The second-order valence-electron chi connectivity index (χ2n) is 7.67. The lowest BCUT2D eigenvalue weighted by atomic mass is 10.0. The number of aromatic nitrogens is 1. The van der Waals surface area contributed by atoms with Gasteiger partial charge in [-0.3, -0.25) is 15.1 Å². The highest BCUT2D eigenvalue weighted by Gasteiger charge is 2.42. The normalized spacial score (nSPS) is 17.4. The van der Waals surface area contributed by atoms with E-state index in [1.54, 1.807) is 37.6 Å². The lowest BCUT2D eigenvalue weighted by molar-refractivity contribution is -0.384. The first-order chi connectivity index (χ1) is 16.6. The molecule has 0 bridgehead atoms. The summed E-state index contributed by atoms with van der Waals surface area (Å²) in [4.78, 5) is 17.6. The molecule has 5 rings (SSSR count). The van der Waals surface area contributed by atoms with Crippen LogP contribution in [0.3, 0.4) is 0 Å². The standard InChI is InChI=1S/C25H20N4O4S/c1-32-17-8-6-7-16(15-17)28-24(23(27-25(28)34)19-10-4-5-14-26-19)22-13-12-21(33-22)18-9-2-3-11-20(18)29(30)31/h2-15,23-24H,1H3,(H,27,34)/t23-,24+/m0/s1. The van der Waals surface area contributed by atoms with E-state index < -0.39 is 4.92 Å². The molecule has 1 fully saturated rings. The van der Waals surface area contributed by atoms with Crippen molar-refractivity contribution in [3.05, 3.63) is 107 Å². The molecular weight excluding hydrogens is 452 g/mol. The summed E-state index contributed by atoms with van der Waals surface area (Å²) in [6.45, 7) is 0. The Morgan fingerprint density at radius 2 is 1.91 bits per heavy atom. The average Bonchev–Trinajstić information content (AvgIpc) is 3.49. The number of nitro groups is 1. The van der Waals surface area contributed by atoms with E-state index in [1.807, 2.05) is 53.4 Å². The zero-order chi connectivity index (χ0) is 23.7. The van der Waals surface area contributed by atoms with Crippen LogP contribution in [-0.2, 0) is 0 Å². The van der Waals surface area contributed by atoms with Crippen LogP contribution in [0.15, 0.2) is 89.5 Å². The van der Waals surface area contributed by atoms with Crippen molar-refractivity contribution >= 4 is 28.7 Å². The minimum Gasteiger partial charge on any atom is -0.497 e. The van der Waals surface area contributed by atoms with Crippen LogP contribution in [0, 0.1) is 10.1 Å². The van der Waals surface area contributed by atoms with Crippen LogP contribution in [0.25, 0.3) is 11.3 Å². The molecule has 2 atom stereocenters. The SMILES string of the molecule is COc1cccc(N2C(=S)N[C@@H](c3ccccn3)[C@H]2c2ccc(-c3ccccc3[N+](=O)[O-])o2)c1. The smallest absolute Gasteiger partial charge is 0.280 e. The molecular formula is C25H20N4O4S. The van der Waals surface area contributed by atoms with Gasteiger partial charge in [0.25, 0.3) is 5.69 Å². The maximum Gasteiger partial charge on any atom is 0.280 e. The molecule has 9 heteroatoms. The van der Waals surface area contributed by atoms with E-state index in [0.29, 0.717) is 27.9 Å². The van der Waals surface area contributed by atoms with Crippen LogP contribution in [0.4, 0.5) is 11.4 Å². The Morgan fingerprint density at radius 3 is 2.68 bits per heavy atom. The van der Waals surface area contributed by atoms with E-state index in [0.717, 1.165) is 11.4 Å². The van der Waals surface area contributed by atoms with Crippen LogP contribution in [-0.4, -0.2) is 22.1 Å². The Kier molecular flexibility index (Phi) is 5.69. The summed E-state index contributed by atoms with van der Waals surface area (Å²) in [6, 6.07) is 22.7. The number of ether oxygens (including phenoxy) is 1. The van der Waals surface area contributed by atoms with E-state index >= 15 is 0 Å². The maximum atomic E-state index is 11.5. The molecule has 34 heavy (non-hydrogen) atoms. The van der Waals surface area contributed by atoms with Crippen molar-refractivity contribution in [1.82, 2.24) is 10.3 Å². The van der Waals surface area contributed by atoms with Crippen LogP contribution < -0.4 is 15.0 Å². The lowest BCUT2D eigenvalue weighted by Gasteiger charge is -2.26. The summed E-state index contributed by atoms with van der Waals surface area (Å²) < 4.78 is 11.7. The maximum absolute atomic E-state index is 11.5. The fraction of sp³-hybridized carbons (Fsp3) is 0.120. The average molecular weight is 473 g/mol. The van der Waals surface area contributed by atoms with Gasteiger partial charge in [-0.1, -0.05) is 24.3 Å². The highest BCUT2D eigenvalue weighted by Crippen LogP contribution is 2.44. The second kappa shape index (κ2) is 8.95. The first kappa shape index (κ1) is 21.6. The number of pyridine rings is 1. The van der Waals surface area contributed by atoms with Gasteiger partial charge in [0.05, 0.1) is 29.3 Å². The number of benzene rings is 2. The van der Waals surface area contributed by atoms with Crippen molar-refractivity contribution in [3.63, 3.8) is 0 Å². The van der Waals surface area contributed by atoms with Crippen molar-refractivity contribution < 1.29 is 14.1 Å². The minimum absolute atomic E-state index is 0.0191. The monoisotopic (exact) mass is 472 g/mol. The van der Waals surface area contributed by atoms with Crippen molar-refractivity contribution in [2.24, 2.45) is 0 Å². The number of hydrogen-bond donors (Lipinski definition) is 1. The Balaban J connectivity index is 1.62. The van der Waals surface area contributed by atoms with Crippen molar-refractivity contribution in [3.8, 4) is 17.1 Å². The lowest BCUT2D eigenvalue weighted by Crippen LogP contribution is -2.29. The van der Waals surface area contributed by atoms with Gasteiger partial charge in [-0.05, 0) is 54.7 Å². The van der Waals surface area contributed by atoms with Gasteiger partial charge in [0.15, 0.2) is 5.11 Å². The number of methoxy groups -OCH3 is 1. The van der Waals surface area contributed by atoms with E-state index in [-0.39, 0.29) is 17.8 Å². The second-order valence-corrected chi connectivity index (χ2v) is 8.06. The van der Waals surface area contributed by atoms with Gasteiger partial charge in [0, 0.05) is 24.0 Å². The highest BCUT2D eigenvalue weighted by molar-refractivity contribution is 7.80. The van der Waals surface area contributed by atoms with Crippen LogP contribution in [0.1, 0.15) is 23.5 Å². The largest absolute Gasteiger partial charge is 0.497 e. The fourth-order valence-electron chi connectivity index (χ4n) is 4.18. The van der Waals surface area contributed by atoms with Gasteiger partial charge in [-0.25, -0.2) is 0 Å². The predicted octanol–water partition coefficient (Wildman–Crippen LogP) is 5.44. The highest BCUT2D eigenvalue weighted by atomic mass is 32.1. The molecule has 1 aliphatic heterocycles. The van der Waals surface area contributed by atoms with Crippen molar-refractivity contribution in [1.29, 1.82) is 0 Å². The number of anilines is 1. The third kappa shape index (κ3) is 3.86. The molecule has 1 aliphatic rings. The van der Waals surface area contributed by atoms with Gasteiger partial charge < -0.3 is 19.4 Å². The molecule has 0 aliphatic carbocycles. The Morgan fingerprint density at radius 1 is 1.09 bits per heavy atom. The Labute approximate surface area is 201 Å². The molecule has 0 saturated carbocycles. The molecule has 0 spiro atoms. The molecule has 1 saturated heterocycles. The van der Waals surface area contributed by atoms with E-state index in [9.17, 15) is 10.1 Å². The quantitative estimate of drug-likeness (QED) is 0.225. The molecule has 0 radical (unpaired) electrons. The Bertz CT molecular complexity index is 1360. The number of furan rings is 1. The van der Waals surface area contributed by atoms with Gasteiger partial charge in [0.1, 0.15) is 23.3 Å². The molecule has 170 valence electrons. The molecule has 2 aromatic carbocycles. The van der Waals surface area contributed by atoms with E-state index in [4.69, 9.17) is 21.4 Å². The zero-order valence-corrected chi connectivity index (χ0v) is 18.9. The predicted molar refractivity (Wildman–Crippen MR) is 132 cm³/mol. The minimum atomic E-state index is -0.414. The first-order valence-electron chi connectivity index (χ1n) is 10.5. The number of para-hydroxylation sites is 1. The third-order valence-electron chi connectivity index (χ3n) is 5.71. The summed E-state index contributed by atoms with van der Waals surface area (Å²) in [5.74, 6) is 1.70. The van der Waals surface area contributed by atoms with Crippen LogP contribution >= 0.6 is 12.2 Å². The van der Waals surface area contributed by atoms with Crippen LogP contribution in [0.2, 0.25) is 0 Å². The number of nitrogens with one attached hydrogen (secondary N) is 1. The molecule has 2 aromatic heterocycles. The molecule has 8 nitrogen and oxygen atoms in total. The number of nitrogens with zero attached hydrogens (tertiary/aromatic N) is 3. The number of rotatable bonds is 6. The summed E-state index contributed by atoms with van der Waals surface area (Å²) in [7, 11) is 1.61. The van der Waals surface area contributed by atoms with Gasteiger partial charge in [-0.15, -0.1) is 0 Å². The topological polar surface area (TPSA) is 93.7 Å². The van der Waals surface area contributed by atoms with Crippen LogP contribution in [0.5, 0.6) is 5.75 Å². The summed E-state index contributed by atoms with van der Waals surface area (Å²) in [5, 5.41) is 15.4. The zero-order valence-electron chi connectivity index (χ0n) is 18.1. The molecule has 3 heterocycles. The number of hydrogen-bond acceptors (Lipinski definition) is 6. The summed E-state index contributed by atoms with van der Waals surface area (Å²) >= 11 is 5.73. The summed E-state index contributed by atoms with van der Waals surface area (Å²) in [5.41, 5.74) is 2.01. The van der Waals surface area contributed by atoms with Crippen molar-refractivity contribution in [2.45, 2.75) is 12.1 Å². The fourth-order valence-corrected chi connectivity index (χ4v) is 4.53. The summed E-state index contributed by atoms with van der Waals surface area (Å²) in [6.07, 6.45) is 1.73. The van der Waals surface area contributed by atoms with Gasteiger partial charge >= 0.3 is 0 Å². The van der Waals surface area contributed by atoms with Crippen molar-refractivity contribution in [2.75, 3.05) is 12.0 Å². The molecule has 0 amide bonds. The van der Waals surface area contributed by atoms with E-state index in [1.165, 1.54) is 6.07 Å². The Hall–Kier alpha value is -4.24. The van der Waals surface area contributed by atoms with E-state index in [2.05, 4.69) is 10.3 Å². The number of nitro benzene ring substituents is 1. The van der Waals surface area contributed by atoms with Gasteiger partial charge in [-0.2, -0.15) is 0 Å². The molecule has 1 N–H and O–H groups in total. The third-order valence-corrected chi connectivity index (χ3v) is 6.03. The van der Waals surface area contributed by atoms with Gasteiger partial charge in [0.2, 0.25) is 0 Å².